The summed E-state index contributed by atoms with van der Waals surface area (Å²) in [6, 6.07) is 6.90. The fourth-order valence-electron chi connectivity index (χ4n) is 2.91. The Morgan fingerprint density at radius 2 is 2.00 bits per heavy atom. The largest absolute Gasteiger partial charge is 0.465 e. The predicted molar refractivity (Wildman–Crippen MR) is 106 cm³/mol. The molecule has 27 heavy (non-hydrogen) atoms. The van der Waals surface area contributed by atoms with Crippen LogP contribution in [0.15, 0.2) is 33.5 Å². The molecule has 0 unspecified atom stereocenters. The molecular formula is C16H15BrN6O3S. The Hall–Kier alpha value is -2.66. The molecule has 3 heterocycles. The molecule has 0 aliphatic carbocycles. The van der Waals surface area contributed by atoms with Gasteiger partial charge < -0.3 is 20.6 Å². The number of carbonyl (C=O) groups is 1. The lowest BCUT2D eigenvalue weighted by Crippen LogP contribution is -2.48. The zero-order valence-electron chi connectivity index (χ0n) is 14.0. The molecule has 0 atom stereocenters. The van der Waals surface area contributed by atoms with Crippen LogP contribution in [0, 0.1) is 0 Å². The number of hydrogen-bond acceptors (Lipinski definition) is 7. The van der Waals surface area contributed by atoms with Gasteiger partial charge in [-0.2, -0.15) is 9.61 Å². The standard InChI is InChI=1S/C16H15BrN6O3S/c17-13-9(2-1-3-10(13)18)14-20-23-12(24)8-11(19-15(23)27-14)21-4-6-22(7-5-21)16(25)26/h1-3,8H,4-7,18H2,(H,25,26). The fraction of sp³-hybridized carbons (Fsp3) is 0.250. The molecule has 2 aromatic heterocycles. The summed E-state index contributed by atoms with van der Waals surface area (Å²) in [6.07, 6.45) is -0.932. The van der Waals surface area contributed by atoms with E-state index in [0.717, 1.165) is 10.0 Å². The molecule has 140 valence electrons. The van der Waals surface area contributed by atoms with Gasteiger partial charge in [-0.25, -0.2) is 9.78 Å². The molecule has 0 radical (unpaired) electrons. The summed E-state index contributed by atoms with van der Waals surface area (Å²) in [7, 11) is 0. The smallest absolute Gasteiger partial charge is 0.407 e. The molecule has 11 heteroatoms. The van der Waals surface area contributed by atoms with Gasteiger partial charge in [0, 0.05) is 43.5 Å². The van der Waals surface area contributed by atoms with Crippen LogP contribution in [0.3, 0.4) is 0 Å². The van der Waals surface area contributed by atoms with Crippen LogP contribution in [-0.4, -0.2) is 56.9 Å². The van der Waals surface area contributed by atoms with E-state index in [0.29, 0.717) is 47.7 Å². The Labute approximate surface area is 165 Å². The molecule has 1 saturated heterocycles. The van der Waals surface area contributed by atoms with Crippen LogP contribution in [0.5, 0.6) is 0 Å². The second-order valence-electron chi connectivity index (χ2n) is 6.02. The van der Waals surface area contributed by atoms with Crippen molar-refractivity contribution < 1.29 is 9.90 Å². The van der Waals surface area contributed by atoms with Crippen molar-refractivity contribution in [3.8, 4) is 10.6 Å². The van der Waals surface area contributed by atoms with Crippen LogP contribution in [0.2, 0.25) is 0 Å². The van der Waals surface area contributed by atoms with Crippen LogP contribution in [-0.2, 0) is 0 Å². The first-order valence-corrected chi connectivity index (χ1v) is 9.73. The van der Waals surface area contributed by atoms with Gasteiger partial charge in [-0.05, 0) is 22.0 Å². The van der Waals surface area contributed by atoms with Gasteiger partial charge in [-0.3, -0.25) is 4.79 Å². The minimum Gasteiger partial charge on any atom is -0.465 e. The fourth-order valence-corrected chi connectivity index (χ4v) is 4.43. The number of rotatable bonds is 2. The van der Waals surface area contributed by atoms with E-state index < -0.39 is 6.09 Å². The number of amides is 1. The quantitative estimate of drug-likeness (QED) is 0.572. The van der Waals surface area contributed by atoms with Crippen LogP contribution >= 0.6 is 27.3 Å². The third-order valence-corrected chi connectivity index (χ3v) is 6.19. The third-order valence-electron chi connectivity index (χ3n) is 4.36. The van der Waals surface area contributed by atoms with Crippen LogP contribution < -0.4 is 16.2 Å². The van der Waals surface area contributed by atoms with Gasteiger partial charge in [0.05, 0.1) is 4.47 Å². The molecular weight excluding hydrogens is 436 g/mol. The molecule has 0 spiro atoms. The average Bonchev–Trinajstić information content (AvgIpc) is 3.08. The lowest BCUT2D eigenvalue weighted by atomic mass is 10.2. The first-order valence-electron chi connectivity index (χ1n) is 8.12. The van der Waals surface area contributed by atoms with Gasteiger partial charge in [0.1, 0.15) is 10.8 Å². The Morgan fingerprint density at radius 1 is 1.26 bits per heavy atom. The molecule has 4 rings (SSSR count). The summed E-state index contributed by atoms with van der Waals surface area (Å²) in [4.78, 5) is 31.8. The van der Waals surface area contributed by atoms with Crippen molar-refractivity contribution >= 4 is 49.8 Å². The molecule has 3 aromatic rings. The minimum atomic E-state index is -0.932. The van der Waals surface area contributed by atoms with Crippen LogP contribution in [0.25, 0.3) is 15.5 Å². The highest BCUT2D eigenvalue weighted by atomic mass is 79.9. The van der Waals surface area contributed by atoms with Crippen molar-refractivity contribution in [1.29, 1.82) is 0 Å². The summed E-state index contributed by atoms with van der Waals surface area (Å²) in [5.74, 6) is 0.534. The Bertz CT molecular complexity index is 1090. The normalized spacial score (nSPS) is 14.7. The highest BCUT2D eigenvalue weighted by molar-refractivity contribution is 9.10. The molecule has 1 aliphatic rings. The zero-order chi connectivity index (χ0) is 19.1. The van der Waals surface area contributed by atoms with Crippen molar-refractivity contribution in [3.63, 3.8) is 0 Å². The van der Waals surface area contributed by atoms with Crippen molar-refractivity contribution in [1.82, 2.24) is 19.5 Å². The Morgan fingerprint density at radius 3 is 2.70 bits per heavy atom. The molecule has 0 bridgehead atoms. The SMILES string of the molecule is Nc1cccc(-c2nn3c(=O)cc(N4CCN(C(=O)O)CC4)nc3s2)c1Br. The van der Waals surface area contributed by atoms with E-state index in [-0.39, 0.29) is 5.56 Å². The Balaban J connectivity index is 1.69. The first-order chi connectivity index (χ1) is 12.9. The number of hydrogen-bond donors (Lipinski definition) is 2. The van der Waals surface area contributed by atoms with E-state index in [9.17, 15) is 9.59 Å². The summed E-state index contributed by atoms with van der Waals surface area (Å²) >= 11 is 4.76. The number of nitrogen functional groups attached to an aromatic ring is 1. The number of aromatic nitrogens is 3. The van der Waals surface area contributed by atoms with Crippen molar-refractivity contribution in [2.45, 2.75) is 0 Å². The van der Waals surface area contributed by atoms with Gasteiger partial charge in [0.25, 0.3) is 5.56 Å². The van der Waals surface area contributed by atoms with Gasteiger partial charge in [-0.1, -0.05) is 23.5 Å². The van der Waals surface area contributed by atoms with E-state index in [4.69, 9.17) is 10.8 Å². The topological polar surface area (TPSA) is 117 Å². The maximum atomic E-state index is 12.5. The maximum absolute atomic E-state index is 12.5. The molecule has 9 nitrogen and oxygen atoms in total. The van der Waals surface area contributed by atoms with Crippen molar-refractivity contribution in [2.24, 2.45) is 0 Å². The number of halogens is 1. The zero-order valence-corrected chi connectivity index (χ0v) is 16.4. The van der Waals surface area contributed by atoms with Crippen LogP contribution in [0.1, 0.15) is 0 Å². The number of benzene rings is 1. The lowest BCUT2D eigenvalue weighted by Gasteiger charge is -2.33. The van der Waals surface area contributed by atoms with Crippen molar-refractivity contribution in [3.05, 3.63) is 39.1 Å². The predicted octanol–water partition coefficient (Wildman–Crippen LogP) is 1.96. The number of fused-ring (bicyclic) bond motifs is 1. The van der Waals surface area contributed by atoms with E-state index in [1.54, 1.807) is 6.07 Å². The van der Waals surface area contributed by atoms with Gasteiger partial charge in [0.15, 0.2) is 0 Å². The van der Waals surface area contributed by atoms with Gasteiger partial charge >= 0.3 is 6.09 Å². The molecule has 1 amide bonds. The molecule has 0 saturated carbocycles. The van der Waals surface area contributed by atoms with Gasteiger partial charge in [-0.15, -0.1) is 0 Å². The maximum Gasteiger partial charge on any atom is 0.407 e. The lowest BCUT2D eigenvalue weighted by molar-refractivity contribution is 0.142. The van der Waals surface area contributed by atoms with E-state index >= 15 is 0 Å². The van der Waals surface area contributed by atoms with E-state index in [2.05, 4.69) is 26.0 Å². The highest BCUT2D eigenvalue weighted by Gasteiger charge is 2.22. The monoisotopic (exact) mass is 450 g/mol. The molecule has 1 aliphatic heterocycles. The number of nitrogens with two attached hydrogens (primary N) is 1. The number of nitrogens with zero attached hydrogens (tertiary/aromatic N) is 5. The number of anilines is 2. The minimum absolute atomic E-state index is 0.279. The molecule has 3 N–H and O–H groups in total. The second-order valence-corrected chi connectivity index (χ2v) is 7.77. The average molecular weight is 451 g/mol. The highest BCUT2D eigenvalue weighted by Crippen LogP contribution is 2.34. The van der Waals surface area contributed by atoms with E-state index in [1.807, 2.05) is 17.0 Å². The first kappa shape index (κ1) is 17.7. The summed E-state index contributed by atoms with van der Waals surface area (Å²) in [5.41, 5.74) is 7.03. The van der Waals surface area contributed by atoms with Gasteiger partial charge in [0.2, 0.25) is 4.96 Å². The molecule has 1 fully saturated rings. The number of piperazine rings is 1. The summed E-state index contributed by atoms with van der Waals surface area (Å²) < 4.78 is 1.99. The van der Waals surface area contributed by atoms with Crippen LogP contribution in [0.4, 0.5) is 16.3 Å². The third kappa shape index (κ3) is 3.23. The summed E-state index contributed by atoms with van der Waals surface area (Å²) in [6.45, 7) is 1.73. The van der Waals surface area contributed by atoms with E-state index in [1.165, 1.54) is 26.8 Å². The second kappa shape index (κ2) is 6.82. The summed E-state index contributed by atoms with van der Waals surface area (Å²) in [5, 5.41) is 14.1. The van der Waals surface area contributed by atoms with Crippen molar-refractivity contribution in [2.75, 3.05) is 36.8 Å². The Kier molecular flexibility index (Phi) is 4.48. The molecule has 1 aromatic carbocycles. The number of carboxylic acid groups (broad SMARTS) is 1.